The molecule has 0 spiro atoms. The van der Waals surface area contributed by atoms with Gasteiger partial charge >= 0.3 is 5.97 Å². The molecule has 2 aromatic heterocycles. The Morgan fingerprint density at radius 2 is 2.27 bits per heavy atom. The standard InChI is InChI=1S/C19H18N6O5S3/c1-8-11(33-7-21-8)4-3-9-5-31-17-13(16(27)25(17)14(9)18(28)29)23-15(26)12(24-30-2)10-6-32-19(20)22-10/h3-4,6-7,13,17H,5H2,1-2H3,(H2,20,22)(H,23,26)(H,28,29)/b4-3-,24-12+/t13-,17-/m1/s1/i2+1D3. The molecule has 4 rings (SSSR count). The van der Waals surface area contributed by atoms with E-state index >= 15 is 0 Å². The minimum absolute atomic E-state index is 0.0314. The van der Waals surface area contributed by atoms with Gasteiger partial charge in [0.05, 0.1) is 15.3 Å². The molecule has 4 heterocycles. The fourth-order valence-corrected chi connectivity index (χ4v) is 5.84. The monoisotopic (exact) mass is 510 g/mol. The van der Waals surface area contributed by atoms with E-state index in [-0.39, 0.29) is 22.3 Å². The number of thiazole rings is 2. The minimum atomic E-state index is -2.92. The number of aromatic nitrogens is 2. The molecule has 0 saturated carbocycles. The number of amides is 2. The molecule has 33 heavy (non-hydrogen) atoms. The first-order valence-corrected chi connectivity index (χ1v) is 12.0. The second-order valence-electron chi connectivity index (χ2n) is 6.78. The number of carboxylic acids is 1. The van der Waals surface area contributed by atoms with Crippen LogP contribution in [0.4, 0.5) is 5.13 Å². The molecule has 14 heteroatoms. The van der Waals surface area contributed by atoms with Crippen molar-refractivity contribution in [2.75, 3.05) is 18.5 Å². The number of aliphatic carboxylic acids is 1. The van der Waals surface area contributed by atoms with Crippen LogP contribution in [0.2, 0.25) is 0 Å². The zero-order chi connectivity index (χ0) is 26.2. The zero-order valence-corrected chi connectivity index (χ0v) is 19.3. The Morgan fingerprint density at radius 1 is 1.45 bits per heavy atom. The number of nitrogens with two attached hydrogens (primary N) is 1. The van der Waals surface area contributed by atoms with Crippen LogP contribution in [0.25, 0.3) is 6.08 Å². The Labute approximate surface area is 204 Å². The van der Waals surface area contributed by atoms with Gasteiger partial charge in [0, 0.05) is 16.0 Å². The summed E-state index contributed by atoms with van der Waals surface area (Å²) in [5, 5.41) is 16.5. The van der Waals surface area contributed by atoms with Gasteiger partial charge in [0.25, 0.3) is 11.8 Å². The molecule has 2 aliphatic heterocycles. The molecule has 4 N–H and O–H groups in total. The number of hydrogen-bond donors (Lipinski definition) is 3. The Morgan fingerprint density at radius 3 is 2.91 bits per heavy atom. The summed E-state index contributed by atoms with van der Waals surface area (Å²) in [6.07, 6.45) is 3.40. The number of allylic oxidation sites excluding steroid dienone is 1. The molecular weight excluding hydrogens is 489 g/mol. The zero-order valence-electron chi connectivity index (χ0n) is 19.8. The summed E-state index contributed by atoms with van der Waals surface area (Å²) in [4.78, 5) is 52.4. The third-order valence-corrected chi connectivity index (χ3v) is 7.69. The Kier molecular flexibility index (Phi) is 5.44. The van der Waals surface area contributed by atoms with Crippen molar-refractivity contribution in [3.63, 3.8) is 0 Å². The number of fused-ring (bicyclic) bond motifs is 1. The van der Waals surface area contributed by atoms with Gasteiger partial charge in [0.1, 0.15) is 29.8 Å². The van der Waals surface area contributed by atoms with Crippen molar-refractivity contribution in [1.29, 1.82) is 0 Å². The molecule has 2 amide bonds. The minimum Gasteiger partial charge on any atom is -0.477 e. The van der Waals surface area contributed by atoms with Crippen LogP contribution in [0.5, 0.6) is 0 Å². The number of nitrogens with one attached hydrogen (secondary N) is 1. The maximum absolute atomic E-state index is 12.9. The third kappa shape index (κ3) is 4.36. The molecule has 0 unspecified atom stereocenters. The first-order chi connectivity index (χ1) is 17.0. The molecule has 0 bridgehead atoms. The summed E-state index contributed by atoms with van der Waals surface area (Å²) in [5.74, 6) is -2.55. The number of β-lactam (4-membered cyclic amide) rings is 1. The van der Waals surface area contributed by atoms with Crippen LogP contribution in [0.3, 0.4) is 0 Å². The van der Waals surface area contributed by atoms with Crippen molar-refractivity contribution >= 4 is 69.1 Å². The smallest absolute Gasteiger partial charge is 0.352 e. The van der Waals surface area contributed by atoms with Gasteiger partial charge in [-0.3, -0.25) is 14.5 Å². The van der Waals surface area contributed by atoms with Crippen molar-refractivity contribution < 1.29 is 28.4 Å². The van der Waals surface area contributed by atoms with E-state index in [1.807, 2.05) is 6.92 Å². The lowest BCUT2D eigenvalue weighted by Crippen LogP contribution is -2.71. The molecule has 2 aliphatic rings. The number of hydrogen-bond acceptors (Lipinski definition) is 11. The number of aryl methyl sites for hydroxylation is 1. The van der Waals surface area contributed by atoms with E-state index in [0.29, 0.717) is 5.57 Å². The summed E-state index contributed by atoms with van der Waals surface area (Å²) >= 11 is 3.68. The number of nitrogens with zero attached hydrogens (tertiary/aromatic N) is 4. The van der Waals surface area contributed by atoms with Crippen LogP contribution in [-0.4, -0.2) is 67.7 Å². The largest absolute Gasteiger partial charge is 0.477 e. The number of thioether (sulfide) groups is 1. The number of anilines is 1. The van der Waals surface area contributed by atoms with E-state index in [1.165, 1.54) is 28.5 Å². The summed E-state index contributed by atoms with van der Waals surface area (Å²) < 4.78 is 21.4. The quantitative estimate of drug-likeness (QED) is 0.216. The van der Waals surface area contributed by atoms with Gasteiger partial charge in [-0.2, -0.15) is 0 Å². The lowest BCUT2D eigenvalue weighted by Gasteiger charge is -2.49. The number of carbonyl (C=O) groups excluding carboxylic acids is 2. The highest BCUT2D eigenvalue weighted by atomic mass is 32.2. The van der Waals surface area contributed by atoms with Crippen LogP contribution in [0.15, 0.2) is 33.4 Å². The predicted molar refractivity (Wildman–Crippen MR) is 126 cm³/mol. The van der Waals surface area contributed by atoms with Crippen molar-refractivity contribution in [3.8, 4) is 0 Å². The lowest BCUT2D eigenvalue weighted by molar-refractivity contribution is -0.150. The summed E-state index contributed by atoms with van der Waals surface area (Å²) in [7, 11) is -2.92. The topological polar surface area (TPSA) is 160 Å². The molecule has 11 nitrogen and oxygen atoms in total. The highest BCUT2D eigenvalue weighted by molar-refractivity contribution is 8.00. The maximum atomic E-state index is 12.9. The number of oxime groups is 1. The predicted octanol–water partition coefficient (Wildman–Crippen LogP) is 1.29. The fraction of sp³-hybridized carbons (Fsp3) is 0.263. The van der Waals surface area contributed by atoms with Crippen molar-refractivity contribution in [2.45, 2.75) is 18.3 Å². The van der Waals surface area contributed by atoms with Gasteiger partial charge in [-0.1, -0.05) is 11.2 Å². The normalized spacial score (nSPS) is 22.3. The van der Waals surface area contributed by atoms with Crippen LogP contribution >= 0.6 is 34.4 Å². The Balaban J connectivity index is 1.55. The number of carbonyl (C=O) groups is 3. The number of nitrogen functional groups attached to an aromatic ring is 1. The second kappa shape index (κ2) is 9.33. The molecule has 1 fully saturated rings. The molecule has 172 valence electrons. The maximum Gasteiger partial charge on any atom is 0.352 e. The summed E-state index contributed by atoms with van der Waals surface area (Å²) in [6, 6.07) is -1.07. The highest BCUT2D eigenvalue weighted by Gasteiger charge is 2.54. The summed E-state index contributed by atoms with van der Waals surface area (Å²) in [6.45, 7) is 1.83. The van der Waals surface area contributed by atoms with Gasteiger partial charge in [0.15, 0.2) is 10.8 Å². The van der Waals surface area contributed by atoms with Gasteiger partial charge in [-0.05, 0) is 18.6 Å². The second-order valence-corrected chi connectivity index (χ2v) is 9.66. The van der Waals surface area contributed by atoms with Crippen LogP contribution in [0, 0.1) is 6.92 Å². The van der Waals surface area contributed by atoms with E-state index in [1.54, 1.807) is 17.7 Å². The SMILES string of the molecule is [2H][13C]([2H])([2H])O/N=C(/C(=O)N[C@@H]1C(=O)N2C(C(=O)O)=C(/C=C\c3scnc3C)CS[C@H]12)c1csc(N)n1. The average Bonchev–Trinajstić information content (AvgIpc) is 3.42. The van der Waals surface area contributed by atoms with Crippen LogP contribution in [-0.2, 0) is 19.2 Å². The van der Waals surface area contributed by atoms with Crippen molar-refractivity contribution in [1.82, 2.24) is 20.2 Å². The van der Waals surface area contributed by atoms with Crippen molar-refractivity contribution in [2.24, 2.45) is 5.16 Å². The highest BCUT2D eigenvalue weighted by Crippen LogP contribution is 2.41. The van der Waals surface area contributed by atoms with Crippen LogP contribution < -0.4 is 11.1 Å². The van der Waals surface area contributed by atoms with E-state index in [4.69, 9.17) is 9.85 Å². The summed E-state index contributed by atoms with van der Waals surface area (Å²) in [5.41, 5.74) is 7.85. The van der Waals surface area contributed by atoms with Crippen molar-refractivity contribution in [3.05, 3.63) is 44.5 Å². The molecule has 2 aromatic rings. The molecule has 0 aromatic carbocycles. The van der Waals surface area contributed by atoms with Gasteiger partial charge < -0.3 is 21.0 Å². The molecule has 0 radical (unpaired) electrons. The van der Waals surface area contributed by atoms with Gasteiger partial charge in [0.2, 0.25) is 0 Å². The number of carboxylic acid groups (broad SMARTS) is 1. The van der Waals surface area contributed by atoms with E-state index in [2.05, 4.69) is 25.3 Å². The van der Waals surface area contributed by atoms with E-state index in [9.17, 15) is 19.5 Å². The first kappa shape index (κ1) is 19.3. The van der Waals surface area contributed by atoms with Gasteiger partial charge in [-0.25, -0.2) is 14.8 Å². The average molecular weight is 511 g/mol. The number of rotatable bonds is 7. The van der Waals surface area contributed by atoms with Crippen LogP contribution in [0.1, 0.15) is 20.4 Å². The van der Waals surface area contributed by atoms with E-state index < -0.39 is 41.9 Å². The molecular formula is C19H18N6O5S3. The third-order valence-electron chi connectivity index (χ3n) is 4.82. The molecule has 2 atom stereocenters. The van der Waals surface area contributed by atoms with Gasteiger partial charge in [-0.15, -0.1) is 34.4 Å². The lowest BCUT2D eigenvalue weighted by atomic mass is 10.0. The fourth-order valence-electron chi connectivity index (χ4n) is 3.27. The Bertz CT molecular complexity index is 1320. The Hall–Kier alpha value is -3.23. The molecule has 0 aliphatic carbocycles. The molecule has 1 saturated heterocycles. The van der Waals surface area contributed by atoms with E-state index in [0.717, 1.165) is 26.8 Å². The first-order valence-electron chi connectivity index (χ1n) is 10.7.